The minimum Gasteiger partial charge on any atom is -0.373 e. The quantitative estimate of drug-likeness (QED) is 0.586. The third-order valence-corrected chi connectivity index (χ3v) is 3.37. The van der Waals surface area contributed by atoms with Crippen molar-refractivity contribution < 1.29 is 9.47 Å². The van der Waals surface area contributed by atoms with E-state index in [1.165, 1.54) is 44.9 Å². The molecule has 16 heavy (non-hydrogen) atoms. The maximum atomic E-state index is 5.78. The highest BCUT2D eigenvalue weighted by molar-refractivity contribution is 4.66. The van der Waals surface area contributed by atoms with Gasteiger partial charge in [-0.2, -0.15) is 0 Å². The van der Waals surface area contributed by atoms with Crippen LogP contribution in [0.25, 0.3) is 0 Å². The van der Waals surface area contributed by atoms with Gasteiger partial charge in [0.15, 0.2) is 0 Å². The van der Waals surface area contributed by atoms with Crippen LogP contribution in [0.1, 0.15) is 65.2 Å². The largest absolute Gasteiger partial charge is 0.373 e. The fourth-order valence-corrected chi connectivity index (χ4v) is 2.14. The molecule has 1 aliphatic rings. The van der Waals surface area contributed by atoms with Crippen LogP contribution < -0.4 is 0 Å². The van der Waals surface area contributed by atoms with Crippen LogP contribution in [-0.4, -0.2) is 25.4 Å². The average molecular weight is 228 g/mol. The maximum Gasteiger partial charge on any atom is 0.0810 e. The SMILES string of the molecule is CCCCCCCCC1COC(CC)CO1. The summed E-state index contributed by atoms with van der Waals surface area (Å²) in [5, 5.41) is 0. The third-order valence-electron chi connectivity index (χ3n) is 3.37. The van der Waals surface area contributed by atoms with E-state index in [0.717, 1.165) is 19.6 Å². The molecule has 0 aromatic heterocycles. The fourth-order valence-electron chi connectivity index (χ4n) is 2.14. The van der Waals surface area contributed by atoms with Gasteiger partial charge in [-0.3, -0.25) is 0 Å². The Bertz CT molecular complexity index is 151. The van der Waals surface area contributed by atoms with Gasteiger partial charge in [-0.25, -0.2) is 0 Å². The third kappa shape index (κ3) is 5.86. The number of rotatable bonds is 8. The first-order valence-electron chi connectivity index (χ1n) is 7.10. The first kappa shape index (κ1) is 14.0. The molecule has 0 amide bonds. The lowest BCUT2D eigenvalue weighted by atomic mass is 10.1. The standard InChI is InChI=1S/C14H28O2/c1-3-5-6-7-8-9-10-14-12-15-13(4-2)11-16-14/h13-14H,3-12H2,1-2H3. The van der Waals surface area contributed by atoms with Crippen molar-refractivity contribution in [2.75, 3.05) is 13.2 Å². The normalized spacial score (nSPS) is 25.9. The summed E-state index contributed by atoms with van der Waals surface area (Å²) < 4.78 is 11.5. The fraction of sp³-hybridized carbons (Fsp3) is 1.00. The lowest BCUT2D eigenvalue weighted by molar-refractivity contribution is -0.135. The Morgan fingerprint density at radius 1 is 0.812 bits per heavy atom. The summed E-state index contributed by atoms with van der Waals surface area (Å²) in [4.78, 5) is 0. The van der Waals surface area contributed by atoms with Crippen LogP contribution in [0.2, 0.25) is 0 Å². The zero-order chi connectivity index (χ0) is 11.6. The summed E-state index contributed by atoms with van der Waals surface area (Å²) in [7, 11) is 0. The Morgan fingerprint density at radius 2 is 1.44 bits per heavy atom. The van der Waals surface area contributed by atoms with Crippen molar-refractivity contribution in [1.82, 2.24) is 0 Å². The number of unbranched alkanes of at least 4 members (excludes halogenated alkanes) is 5. The zero-order valence-corrected chi connectivity index (χ0v) is 11.0. The molecule has 0 saturated carbocycles. The zero-order valence-electron chi connectivity index (χ0n) is 11.0. The van der Waals surface area contributed by atoms with E-state index in [2.05, 4.69) is 13.8 Å². The molecule has 1 rings (SSSR count). The van der Waals surface area contributed by atoms with Crippen LogP contribution >= 0.6 is 0 Å². The maximum absolute atomic E-state index is 5.78. The summed E-state index contributed by atoms with van der Waals surface area (Å²) in [6.45, 7) is 6.03. The van der Waals surface area contributed by atoms with E-state index in [9.17, 15) is 0 Å². The van der Waals surface area contributed by atoms with Crippen molar-refractivity contribution in [2.24, 2.45) is 0 Å². The molecule has 1 aliphatic heterocycles. The Kier molecular flexibility index (Phi) is 7.87. The molecule has 0 radical (unpaired) electrons. The van der Waals surface area contributed by atoms with Gasteiger partial charge in [0, 0.05) is 0 Å². The molecule has 1 heterocycles. The molecular formula is C14H28O2. The van der Waals surface area contributed by atoms with Gasteiger partial charge in [-0.1, -0.05) is 52.4 Å². The van der Waals surface area contributed by atoms with Gasteiger partial charge in [-0.15, -0.1) is 0 Å². The smallest absolute Gasteiger partial charge is 0.0810 e. The second-order valence-corrected chi connectivity index (χ2v) is 4.88. The number of ether oxygens (including phenoxy) is 2. The molecule has 2 unspecified atom stereocenters. The minimum atomic E-state index is 0.348. The second-order valence-electron chi connectivity index (χ2n) is 4.88. The molecule has 0 N–H and O–H groups in total. The summed E-state index contributed by atoms with van der Waals surface area (Å²) in [6.07, 6.45) is 11.1. The predicted octanol–water partition coefficient (Wildman–Crippen LogP) is 3.93. The van der Waals surface area contributed by atoms with Gasteiger partial charge in [-0.05, 0) is 12.8 Å². The van der Waals surface area contributed by atoms with E-state index in [-0.39, 0.29) is 0 Å². The van der Waals surface area contributed by atoms with Crippen molar-refractivity contribution >= 4 is 0 Å². The van der Waals surface area contributed by atoms with E-state index in [4.69, 9.17) is 9.47 Å². The van der Waals surface area contributed by atoms with E-state index in [1.807, 2.05) is 0 Å². The molecule has 0 bridgehead atoms. The molecule has 2 atom stereocenters. The average Bonchev–Trinajstić information content (AvgIpc) is 2.34. The van der Waals surface area contributed by atoms with Crippen LogP contribution in [0.3, 0.4) is 0 Å². The topological polar surface area (TPSA) is 18.5 Å². The first-order chi connectivity index (χ1) is 7.86. The number of hydrogen-bond donors (Lipinski definition) is 0. The van der Waals surface area contributed by atoms with Crippen LogP contribution in [0.15, 0.2) is 0 Å². The molecule has 1 saturated heterocycles. The molecule has 96 valence electrons. The van der Waals surface area contributed by atoms with Gasteiger partial charge in [0.2, 0.25) is 0 Å². The molecule has 2 nitrogen and oxygen atoms in total. The first-order valence-corrected chi connectivity index (χ1v) is 7.10. The Balaban J connectivity index is 1.90. The second kappa shape index (κ2) is 9.00. The molecule has 0 spiro atoms. The van der Waals surface area contributed by atoms with Crippen molar-refractivity contribution in [2.45, 2.75) is 77.4 Å². The Hall–Kier alpha value is -0.0800. The van der Waals surface area contributed by atoms with E-state index < -0.39 is 0 Å². The van der Waals surface area contributed by atoms with Gasteiger partial charge in [0.1, 0.15) is 0 Å². The summed E-state index contributed by atoms with van der Waals surface area (Å²) >= 11 is 0. The molecule has 1 fully saturated rings. The van der Waals surface area contributed by atoms with Crippen molar-refractivity contribution in [3.8, 4) is 0 Å². The van der Waals surface area contributed by atoms with E-state index in [0.29, 0.717) is 12.2 Å². The molecule has 0 aliphatic carbocycles. The Labute approximate surface area is 101 Å². The highest BCUT2D eigenvalue weighted by atomic mass is 16.6. The monoisotopic (exact) mass is 228 g/mol. The molecule has 2 heteroatoms. The van der Waals surface area contributed by atoms with Crippen LogP contribution in [0.4, 0.5) is 0 Å². The van der Waals surface area contributed by atoms with Crippen LogP contribution in [0, 0.1) is 0 Å². The molecule has 0 aromatic carbocycles. The molecule has 0 aromatic rings. The van der Waals surface area contributed by atoms with Crippen molar-refractivity contribution in [3.63, 3.8) is 0 Å². The van der Waals surface area contributed by atoms with Crippen molar-refractivity contribution in [1.29, 1.82) is 0 Å². The van der Waals surface area contributed by atoms with E-state index >= 15 is 0 Å². The van der Waals surface area contributed by atoms with Crippen molar-refractivity contribution in [3.05, 3.63) is 0 Å². The van der Waals surface area contributed by atoms with Gasteiger partial charge >= 0.3 is 0 Å². The highest BCUT2D eigenvalue weighted by Gasteiger charge is 2.20. The summed E-state index contributed by atoms with van der Waals surface area (Å²) in [5.41, 5.74) is 0. The van der Waals surface area contributed by atoms with Gasteiger partial charge < -0.3 is 9.47 Å². The van der Waals surface area contributed by atoms with Crippen LogP contribution in [-0.2, 0) is 9.47 Å². The lowest BCUT2D eigenvalue weighted by Crippen LogP contribution is -2.35. The Morgan fingerprint density at radius 3 is 2.06 bits per heavy atom. The summed E-state index contributed by atoms with van der Waals surface area (Å²) in [6, 6.07) is 0. The van der Waals surface area contributed by atoms with Gasteiger partial charge in [0.05, 0.1) is 25.4 Å². The summed E-state index contributed by atoms with van der Waals surface area (Å²) in [5.74, 6) is 0. The lowest BCUT2D eigenvalue weighted by Gasteiger charge is -2.28. The molecular weight excluding hydrogens is 200 g/mol. The van der Waals surface area contributed by atoms with E-state index in [1.54, 1.807) is 0 Å². The van der Waals surface area contributed by atoms with Crippen LogP contribution in [0.5, 0.6) is 0 Å². The highest BCUT2D eigenvalue weighted by Crippen LogP contribution is 2.16. The predicted molar refractivity (Wildman–Crippen MR) is 67.8 cm³/mol. The minimum absolute atomic E-state index is 0.348. The number of hydrogen-bond acceptors (Lipinski definition) is 2. The van der Waals surface area contributed by atoms with Gasteiger partial charge in [0.25, 0.3) is 0 Å².